The van der Waals surface area contributed by atoms with Crippen molar-refractivity contribution >= 4 is 34.4 Å². The number of nitrogens with one attached hydrogen (secondary N) is 1. The van der Waals surface area contributed by atoms with E-state index in [1.165, 1.54) is 18.0 Å². The number of aromatic amines is 1. The molecular weight excluding hydrogens is 384 g/mol. The van der Waals surface area contributed by atoms with Crippen molar-refractivity contribution in [3.05, 3.63) is 75.7 Å². The molecular formula is C19H15ClN4O2S. The molecule has 2 aromatic heterocycles. The van der Waals surface area contributed by atoms with Crippen LogP contribution in [0.1, 0.15) is 5.56 Å². The first-order valence-electron chi connectivity index (χ1n) is 8.14. The topological polar surface area (TPSA) is 72.8 Å². The van der Waals surface area contributed by atoms with Gasteiger partial charge in [-0.3, -0.25) is 4.79 Å². The number of ether oxygens (including phenoxy) is 1. The second kappa shape index (κ2) is 7.46. The summed E-state index contributed by atoms with van der Waals surface area (Å²) in [7, 11) is 1.61. The smallest absolute Gasteiger partial charge is 0.262 e. The monoisotopic (exact) mass is 398 g/mol. The molecule has 4 aromatic rings. The Morgan fingerprint density at radius 2 is 2.04 bits per heavy atom. The highest BCUT2D eigenvalue weighted by atomic mass is 35.5. The van der Waals surface area contributed by atoms with Gasteiger partial charge >= 0.3 is 0 Å². The average Bonchev–Trinajstić information content (AvgIpc) is 3.12. The summed E-state index contributed by atoms with van der Waals surface area (Å²) in [6, 6.07) is 15.0. The van der Waals surface area contributed by atoms with Gasteiger partial charge in [0.25, 0.3) is 5.56 Å². The van der Waals surface area contributed by atoms with Crippen LogP contribution in [0.2, 0.25) is 5.02 Å². The number of methoxy groups -OCH3 is 1. The number of hydrogen-bond donors (Lipinski definition) is 1. The van der Waals surface area contributed by atoms with Gasteiger partial charge in [0.15, 0.2) is 10.8 Å². The van der Waals surface area contributed by atoms with Gasteiger partial charge in [-0.15, -0.1) is 0 Å². The number of fused-ring (bicyclic) bond motifs is 1. The molecule has 0 saturated carbocycles. The largest absolute Gasteiger partial charge is 0.496 e. The predicted octanol–water partition coefficient (Wildman–Crippen LogP) is 4.06. The minimum Gasteiger partial charge on any atom is -0.496 e. The summed E-state index contributed by atoms with van der Waals surface area (Å²) in [5.41, 5.74) is 2.07. The van der Waals surface area contributed by atoms with E-state index in [2.05, 4.69) is 15.1 Å². The molecule has 27 heavy (non-hydrogen) atoms. The number of H-pyrrole nitrogens is 1. The van der Waals surface area contributed by atoms with Crippen molar-refractivity contribution in [1.82, 2.24) is 19.7 Å². The van der Waals surface area contributed by atoms with Crippen molar-refractivity contribution in [2.24, 2.45) is 0 Å². The van der Waals surface area contributed by atoms with Gasteiger partial charge in [-0.25, -0.2) is 9.67 Å². The zero-order valence-corrected chi connectivity index (χ0v) is 15.9. The lowest BCUT2D eigenvalue weighted by Gasteiger charge is -2.08. The van der Waals surface area contributed by atoms with Crippen LogP contribution in [0.15, 0.2) is 64.7 Å². The molecule has 1 N–H and O–H groups in total. The number of thioether (sulfide) groups is 1. The summed E-state index contributed by atoms with van der Waals surface area (Å²) >= 11 is 7.48. The van der Waals surface area contributed by atoms with Crippen molar-refractivity contribution in [1.29, 1.82) is 0 Å². The second-order valence-electron chi connectivity index (χ2n) is 5.75. The quantitative estimate of drug-likeness (QED) is 0.405. The summed E-state index contributed by atoms with van der Waals surface area (Å²) in [5.74, 6) is 1.29. The van der Waals surface area contributed by atoms with E-state index >= 15 is 0 Å². The van der Waals surface area contributed by atoms with Gasteiger partial charge in [0.05, 0.1) is 19.0 Å². The van der Waals surface area contributed by atoms with Gasteiger partial charge in [0, 0.05) is 16.3 Å². The van der Waals surface area contributed by atoms with Gasteiger partial charge in [0.2, 0.25) is 0 Å². The number of aromatic nitrogens is 4. The maximum absolute atomic E-state index is 12.4. The van der Waals surface area contributed by atoms with Crippen LogP contribution in [0, 0.1) is 0 Å². The van der Waals surface area contributed by atoms with Gasteiger partial charge in [-0.05, 0) is 30.3 Å². The zero-order valence-electron chi connectivity index (χ0n) is 14.3. The van der Waals surface area contributed by atoms with E-state index in [-0.39, 0.29) is 5.56 Å². The lowest BCUT2D eigenvalue weighted by atomic mass is 10.2. The molecule has 2 aromatic carbocycles. The van der Waals surface area contributed by atoms with Crippen LogP contribution in [0.5, 0.6) is 5.75 Å². The summed E-state index contributed by atoms with van der Waals surface area (Å²) in [6.07, 6.45) is 1.53. The second-order valence-corrected chi connectivity index (χ2v) is 7.15. The number of para-hydroxylation sites is 1. The summed E-state index contributed by atoms with van der Waals surface area (Å²) in [4.78, 5) is 19.8. The highest BCUT2D eigenvalue weighted by Crippen LogP contribution is 2.29. The van der Waals surface area contributed by atoms with Gasteiger partial charge < -0.3 is 9.72 Å². The molecule has 0 aliphatic carbocycles. The van der Waals surface area contributed by atoms with E-state index in [9.17, 15) is 4.79 Å². The Morgan fingerprint density at radius 3 is 2.81 bits per heavy atom. The van der Waals surface area contributed by atoms with Crippen LogP contribution in [0.4, 0.5) is 0 Å². The van der Waals surface area contributed by atoms with Crippen LogP contribution < -0.4 is 10.3 Å². The van der Waals surface area contributed by atoms with Gasteiger partial charge in [-0.2, -0.15) is 5.10 Å². The van der Waals surface area contributed by atoms with Crippen LogP contribution in [-0.2, 0) is 5.75 Å². The van der Waals surface area contributed by atoms with Crippen molar-refractivity contribution in [2.45, 2.75) is 10.9 Å². The van der Waals surface area contributed by atoms with Gasteiger partial charge in [-0.1, -0.05) is 41.6 Å². The fourth-order valence-electron chi connectivity index (χ4n) is 2.73. The zero-order chi connectivity index (χ0) is 18.8. The van der Waals surface area contributed by atoms with Crippen LogP contribution in [0.25, 0.3) is 16.7 Å². The van der Waals surface area contributed by atoms with Crippen LogP contribution >= 0.6 is 23.4 Å². The lowest BCUT2D eigenvalue weighted by molar-refractivity contribution is 0.411. The SMILES string of the molecule is COc1ccc(Cl)cc1CSc1nc2c(cnn2-c2ccccc2)c(=O)[nH]1. The minimum absolute atomic E-state index is 0.220. The van der Waals surface area contributed by atoms with E-state index in [0.717, 1.165) is 17.0 Å². The summed E-state index contributed by atoms with van der Waals surface area (Å²) in [5, 5.41) is 5.90. The van der Waals surface area contributed by atoms with Gasteiger partial charge in [0.1, 0.15) is 11.1 Å². The maximum Gasteiger partial charge on any atom is 0.262 e. The first-order valence-corrected chi connectivity index (χ1v) is 9.51. The normalized spacial score (nSPS) is 11.0. The Morgan fingerprint density at radius 1 is 1.22 bits per heavy atom. The molecule has 4 rings (SSSR count). The molecule has 0 spiro atoms. The lowest BCUT2D eigenvalue weighted by Crippen LogP contribution is -2.09. The van der Waals surface area contributed by atoms with E-state index in [0.29, 0.717) is 27.0 Å². The molecule has 0 saturated heterocycles. The predicted molar refractivity (Wildman–Crippen MR) is 107 cm³/mol. The summed E-state index contributed by atoms with van der Waals surface area (Å²) < 4.78 is 7.03. The fourth-order valence-corrected chi connectivity index (χ4v) is 3.76. The Hall–Kier alpha value is -2.77. The third-order valence-corrected chi connectivity index (χ3v) is 5.18. The number of nitrogens with zero attached hydrogens (tertiary/aromatic N) is 3. The Balaban J connectivity index is 1.69. The molecule has 6 nitrogen and oxygen atoms in total. The third kappa shape index (κ3) is 3.56. The molecule has 0 radical (unpaired) electrons. The molecule has 0 unspecified atom stereocenters. The van der Waals surface area contributed by atoms with E-state index in [1.807, 2.05) is 42.5 Å². The average molecular weight is 399 g/mol. The fraction of sp³-hybridized carbons (Fsp3) is 0.105. The molecule has 2 heterocycles. The van der Waals surface area contributed by atoms with Crippen LogP contribution in [-0.4, -0.2) is 26.9 Å². The van der Waals surface area contributed by atoms with Crippen LogP contribution in [0.3, 0.4) is 0 Å². The van der Waals surface area contributed by atoms with Crippen molar-refractivity contribution in [2.75, 3.05) is 7.11 Å². The molecule has 0 aliphatic rings. The highest BCUT2D eigenvalue weighted by molar-refractivity contribution is 7.98. The van der Waals surface area contributed by atoms with E-state index in [4.69, 9.17) is 16.3 Å². The first kappa shape index (κ1) is 17.6. The maximum atomic E-state index is 12.4. The van der Waals surface area contributed by atoms with E-state index in [1.54, 1.807) is 17.9 Å². The number of benzene rings is 2. The Kier molecular flexibility index (Phi) is 4.87. The van der Waals surface area contributed by atoms with Crippen molar-refractivity contribution in [3.8, 4) is 11.4 Å². The molecule has 0 atom stereocenters. The molecule has 136 valence electrons. The van der Waals surface area contributed by atoms with E-state index < -0.39 is 0 Å². The molecule has 8 heteroatoms. The minimum atomic E-state index is -0.220. The molecule has 0 bridgehead atoms. The van der Waals surface area contributed by atoms with Crippen molar-refractivity contribution < 1.29 is 4.74 Å². The molecule has 0 aliphatic heterocycles. The first-order chi connectivity index (χ1) is 13.2. The third-order valence-electron chi connectivity index (χ3n) is 4.02. The van der Waals surface area contributed by atoms with Crippen molar-refractivity contribution in [3.63, 3.8) is 0 Å². The summed E-state index contributed by atoms with van der Waals surface area (Å²) in [6.45, 7) is 0. The number of halogens is 1. The highest BCUT2D eigenvalue weighted by Gasteiger charge is 2.13. The Bertz CT molecular complexity index is 1160. The molecule has 0 amide bonds. The molecule has 0 fully saturated rings. The standard InChI is InChI=1S/C19H15ClN4O2S/c1-26-16-8-7-13(20)9-12(16)11-27-19-22-17-15(18(25)23-19)10-21-24(17)14-5-3-2-4-6-14/h2-10H,11H2,1H3,(H,22,23,25). The number of rotatable bonds is 5. The Labute approximate surface area is 164 Å². The number of hydrogen-bond acceptors (Lipinski definition) is 5.